The van der Waals surface area contributed by atoms with Gasteiger partial charge in [0.2, 0.25) is 0 Å². The van der Waals surface area contributed by atoms with Gasteiger partial charge in [-0.1, -0.05) is 36.4 Å². The molecule has 4 heteroatoms. The zero-order valence-electron chi connectivity index (χ0n) is 10.9. The van der Waals surface area contributed by atoms with Gasteiger partial charge >= 0.3 is 8.24 Å². The van der Waals surface area contributed by atoms with Crippen LogP contribution < -0.4 is 4.52 Å². The fourth-order valence-electron chi connectivity index (χ4n) is 1.93. The molecule has 98 valence electrons. The molecule has 3 rings (SSSR count). The van der Waals surface area contributed by atoms with Crippen LogP contribution in [0.1, 0.15) is 13.8 Å². The second-order valence-electron chi connectivity index (χ2n) is 4.55. The molecular formula is C15H15O3P. The first-order chi connectivity index (χ1) is 9.24. The average molecular weight is 274 g/mol. The predicted octanol–water partition coefficient (Wildman–Crippen LogP) is 5.13. The maximum absolute atomic E-state index is 5.87. The molecule has 0 amide bonds. The lowest BCUT2D eigenvalue weighted by Crippen LogP contribution is -2.02. The number of hydrogen-bond acceptors (Lipinski definition) is 3. The molecule has 0 saturated carbocycles. The SMILES string of the molecule is CC(C)Op1oc2ccccc2c2ccccc2o1. The number of benzene rings is 2. The molecule has 0 aliphatic carbocycles. The van der Waals surface area contributed by atoms with Gasteiger partial charge in [-0.15, -0.1) is 0 Å². The third kappa shape index (κ3) is 2.53. The quantitative estimate of drug-likeness (QED) is 0.650. The predicted molar refractivity (Wildman–Crippen MR) is 78.0 cm³/mol. The summed E-state index contributed by atoms with van der Waals surface area (Å²) in [5.41, 5.74) is 1.61. The van der Waals surface area contributed by atoms with Crippen molar-refractivity contribution < 1.29 is 12.9 Å². The number of rotatable bonds is 2. The van der Waals surface area contributed by atoms with E-state index in [0.717, 1.165) is 21.9 Å². The van der Waals surface area contributed by atoms with E-state index in [1.54, 1.807) is 0 Å². The fraction of sp³-hybridized carbons (Fsp3) is 0.200. The van der Waals surface area contributed by atoms with Crippen molar-refractivity contribution in [3.63, 3.8) is 0 Å². The van der Waals surface area contributed by atoms with Crippen LogP contribution in [0, 0.1) is 0 Å². The number of hydrogen-bond donors (Lipinski definition) is 0. The van der Waals surface area contributed by atoms with E-state index >= 15 is 0 Å². The molecule has 0 saturated heterocycles. The van der Waals surface area contributed by atoms with Gasteiger partial charge in [0.1, 0.15) is 11.2 Å². The smallest absolute Gasteiger partial charge is 0.387 e. The van der Waals surface area contributed by atoms with Crippen LogP contribution in [-0.2, 0) is 0 Å². The first-order valence-corrected chi connectivity index (χ1v) is 7.35. The zero-order valence-corrected chi connectivity index (χ0v) is 11.8. The Morgan fingerprint density at radius 2 is 1.32 bits per heavy atom. The summed E-state index contributed by atoms with van der Waals surface area (Å²) in [6.07, 6.45) is 0.0588. The summed E-state index contributed by atoms with van der Waals surface area (Å²) in [7, 11) is -1.41. The van der Waals surface area contributed by atoms with Gasteiger partial charge in [0, 0.05) is 10.8 Å². The Kier molecular flexibility index (Phi) is 3.33. The van der Waals surface area contributed by atoms with Crippen LogP contribution in [0.4, 0.5) is 0 Å². The highest BCUT2D eigenvalue weighted by atomic mass is 31.1. The third-order valence-corrected chi connectivity index (χ3v) is 3.99. The van der Waals surface area contributed by atoms with Crippen molar-refractivity contribution >= 4 is 30.2 Å². The molecule has 3 aromatic rings. The standard InChI is InChI=1S/C15H15O3P/c1-11(2)16-19-17-14-9-5-3-7-12(14)13-8-4-6-10-15(13)18-19/h3-11H,1-2H3. The molecule has 0 unspecified atom stereocenters. The van der Waals surface area contributed by atoms with E-state index in [9.17, 15) is 0 Å². The first kappa shape index (κ1) is 12.3. The van der Waals surface area contributed by atoms with Crippen LogP contribution >= 0.6 is 8.24 Å². The van der Waals surface area contributed by atoms with E-state index in [4.69, 9.17) is 12.9 Å². The molecule has 1 heterocycles. The molecule has 0 N–H and O–H groups in total. The van der Waals surface area contributed by atoms with Gasteiger partial charge in [-0.3, -0.25) is 4.52 Å². The highest BCUT2D eigenvalue weighted by Gasteiger charge is 2.07. The molecule has 0 aliphatic heterocycles. The van der Waals surface area contributed by atoms with E-state index in [2.05, 4.69) is 0 Å². The zero-order chi connectivity index (χ0) is 13.2. The number of para-hydroxylation sites is 2. The molecule has 0 spiro atoms. The normalized spacial score (nSPS) is 11.3. The van der Waals surface area contributed by atoms with E-state index in [1.165, 1.54) is 0 Å². The van der Waals surface area contributed by atoms with Crippen LogP contribution in [0.2, 0.25) is 0 Å². The summed E-state index contributed by atoms with van der Waals surface area (Å²) in [5.74, 6) is 0. The van der Waals surface area contributed by atoms with Crippen molar-refractivity contribution in [3.05, 3.63) is 48.5 Å². The Morgan fingerprint density at radius 1 is 0.842 bits per heavy atom. The Balaban J connectivity index is 2.41. The first-order valence-electron chi connectivity index (χ1n) is 6.25. The Labute approximate surface area is 112 Å². The minimum absolute atomic E-state index is 0.0588. The lowest BCUT2D eigenvalue weighted by atomic mass is 10.1. The van der Waals surface area contributed by atoms with Crippen LogP contribution in [-0.4, -0.2) is 6.10 Å². The average Bonchev–Trinajstić information content (AvgIpc) is 2.54. The van der Waals surface area contributed by atoms with Crippen LogP contribution in [0.25, 0.3) is 21.9 Å². The molecule has 0 atom stereocenters. The van der Waals surface area contributed by atoms with Crippen LogP contribution in [0.15, 0.2) is 56.9 Å². The van der Waals surface area contributed by atoms with Crippen molar-refractivity contribution in [3.8, 4) is 0 Å². The molecule has 2 aromatic carbocycles. The largest absolute Gasteiger partial charge is 0.399 e. The Morgan fingerprint density at radius 3 is 1.79 bits per heavy atom. The maximum Gasteiger partial charge on any atom is 0.387 e. The fourth-order valence-corrected chi connectivity index (χ4v) is 3.04. The summed E-state index contributed by atoms with van der Waals surface area (Å²) in [5, 5.41) is 2.07. The van der Waals surface area contributed by atoms with Gasteiger partial charge in [-0.05, 0) is 26.0 Å². The molecule has 3 nitrogen and oxygen atoms in total. The molecule has 19 heavy (non-hydrogen) atoms. The van der Waals surface area contributed by atoms with E-state index in [0.29, 0.717) is 0 Å². The monoisotopic (exact) mass is 274 g/mol. The summed E-state index contributed by atoms with van der Waals surface area (Å²) >= 11 is 0. The third-order valence-electron chi connectivity index (χ3n) is 2.71. The minimum Gasteiger partial charge on any atom is -0.399 e. The van der Waals surface area contributed by atoms with Gasteiger partial charge < -0.3 is 8.39 Å². The van der Waals surface area contributed by atoms with E-state index in [-0.39, 0.29) is 6.10 Å². The highest BCUT2D eigenvalue weighted by molar-refractivity contribution is 7.31. The number of fused-ring (bicyclic) bond motifs is 3. The van der Waals surface area contributed by atoms with Gasteiger partial charge in [0.25, 0.3) is 0 Å². The Bertz CT molecular complexity index is 688. The molecule has 0 radical (unpaired) electrons. The summed E-state index contributed by atoms with van der Waals surface area (Å²) in [6, 6.07) is 15.9. The second kappa shape index (κ2) is 5.12. The second-order valence-corrected chi connectivity index (χ2v) is 5.58. The molecule has 1 aromatic heterocycles. The molecule has 0 aliphatic rings. The molecule has 0 fully saturated rings. The summed E-state index contributed by atoms with van der Waals surface area (Å²) in [6.45, 7) is 3.94. The highest BCUT2D eigenvalue weighted by Crippen LogP contribution is 2.33. The summed E-state index contributed by atoms with van der Waals surface area (Å²) in [4.78, 5) is 0. The summed E-state index contributed by atoms with van der Waals surface area (Å²) < 4.78 is 17.4. The van der Waals surface area contributed by atoms with Crippen molar-refractivity contribution in [2.45, 2.75) is 20.0 Å². The molecular weight excluding hydrogens is 259 g/mol. The van der Waals surface area contributed by atoms with Crippen LogP contribution in [0.5, 0.6) is 0 Å². The Hall–Kier alpha value is -1.70. The van der Waals surface area contributed by atoms with Crippen LogP contribution in [0.3, 0.4) is 0 Å². The van der Waals surface area contributed by atoms with Crippen molar-refractivity contribution in [1.29, 1.82) is 0 Å². The lowest BCUT2D eigenvalue weighted by Gasteiger charge is -2.01. The molecule has 0 bridgehead atoms. The lowest BCUT2D eigenvalue weighted by molar-refractivity contribution is 0.300. The maximum atomic E-state index is 5.87. The van der Waals surface area contributed by atoms with Crippen molar-refractivity contribution in [2.75, 3.05) is 0 Å². The van der Waals surface area contributed by atoms with Gasteiger partial charge in [-0.25, -0.2) is 0 Å². The topological polar surface area (TPSA) is 35.5 Å². The van der Waals surface area contributed by atoms with Gasteiger partial charge in [0.15, 0.2) is 0 Å². The van der Waals surface area contributed by atoms with Gasteiger partial charge in [0.05, 0.1) is 6.10 Å². The van der Waals surface area contributed by atoms with E-state index in [1.807, 2.05) is 62.4 Å². The van der Waals surface area contributed by atoms with Crippen molar-refractivity contribution in [2.24, 2.45) is 0 Å². The van der Waals surface area contributed by atoms with E-state index < -0.39 is 8.24 Å². The van der Waals surface area contributed by atoms with Gasteiger partial charge in [-0.2, -0.15) is 0 Å². The minimum atomic E-state index is -1.41. The van der Waals surface area contributed by atoms with Crippen molar-refractivity contribution in [1.82, 2.24) is 0 Å².